The number of halogens is 1. The van der Waals surface area contributed by atoms with Gasteiger partial charge in [-0.2, -0.15) is 5.26 Å². The number of rotatable bonds is 1. The average Bonchev–Trinajstić information content (AvgIpc) is 2.17. The Bertz CT molecular complexity index is 460. The van der Waals surface area contributed by atoms with Gasteiger partial charge in [0.2, 0.25) is 0 Å². The van der Waals surface area contributed by atoms with Crippen molar-refractivity contribution < 1.29 is 0 Å². The van der Waals surface area contributed by atoms with E-state index in [-0.39, 0.29) is 5.41 Å². The van der Waals surface area contributed by atoms with E-state index in [1.807, 2.05) is 24.3 Å². The van der Waals surface area contributed by atoms with Gasteiger partial charge in [-0.05, 0) is 42.7 Å². The molecule has 2 heteroatoms. The van der Waals surface area contributed by atoms with Gasteiger partial charge < -0.3 is 0 Å². The van der Waals surface area contributed by atoms with Crippen LogP contribution in [-0.2, 0) is 5.41 Å². The Balaban J connectivity index is 1.94. The highest BCUT2D eigenvalue weighted by atomic mass is 35.5. The molecule has 1 aromatic rings. The summed E-state index contributed by atoms with van der Waals surface area (Å²) in [5.74, 6) is 0. The van der Waals surface area contributed by atoms with Crippen LogP contribution in [0.2, 0.25) is 5.02 Å². The molecule has 0 aromatic heterocycles. The largest absolute Gasteiger partial charge is 0.197 e. The predicted molar refractivity (Wildman–Crippen MR) is 64.3 cm³/mol. The molecule has 0 saturated heterocycles. The SMILES string of the molecule is N#CC1(c2ccccc2Cl)CC2(CCC2)C1. The Morgan fingerprint density at radius 1 is 1.19 bits per heavy atom. The van der Waals surface area contributed by atoms with Crippen LogP contribution in [0.5, 0.6) is 0 Å². The lowest BCUT2D eigenvalue weighted by molar-refractivity contribution is -0.0226. The van der Waals surface area contributed by atoms with Crippen LogP contribution in [-0.4, -0.2) is 0 Å². The van der Waals surface area contributed by atoms with E-state index in [0.29, 0.717) is 5.41 Å². The molecule has 82 valence electrons. The molecule has 2 fully saturated rings. The van der Waals surface area contributed by atoms with Crippen molar-refractivity contribution >= 4 is 11.6 Å². The standard InChI is InChI=1S/C14H14ClN/c15-12-5-2-1-4-11(12)14(10-16)8-13(9-14)6-3-7-13/h1-2,4-5H,3,6-9H2. The van der Waals surface area contributed by atoms with Gasteiger partial charge in [0.15, 0.2) is 0 Å². The number of nitrogens with zero attached hydrogens (tertiary/aromatic N) is 1. The summed E-state index contributed by atoms with van der Waals surface area (Å²) in [4.78, 5) is 0. The normalized spacial score (nSPS) is 24.2. The Kier molecular flexibility index (Phi) is 2.06. The molecule has 1 spiro atoms. The van der Waals surface area contributed by atoms with Crippen molar-refractivity contribution in [2.24, 2.45) is 5.41 Å². The Morgan fingerprint density at radius 2 is 1.88 bits per heavy atom. The van der Waals surface area contributed by atoms with Gasteiger partial charge in [0.05, 0.1) is 11.5 Å². The fourth-order valence-corrected chi connectivity index (χ4v) is 3.75. The second-order valence-electron chi connectivity index (χ2n) is 5.38. The summed E-state index contributed by atoms with van der Waals surface area (Å²) >= 11 is 6.20. The van der Waals surface area contributed by atoms with Crippen molar-refractivity contribution in [1.29, 1.82) is 5.26 Å². The molecule has 16 heavy (non-hydrogen) atoms. The minimum atomic E-state index is -0.293. The quantitative estimate of drug-likeness (QED) is 0.715. The maximum Gasteiger partial charge on any atom is 0.0847 e. The van der Waals surface area contributed by atoms with Crippen LogP contribution in [0.4, 0.5) is 0 Å². The lowest BCUT2D eigenvalue weighted by atomic mass is 9.44. The Hall–Kier alpha value is -1.00. The Labute approximate surface area is 101 Å². The van der Waals surface area contributed by atoms with Crippen molar-refractivity contribution in [2.45, 2.75) is 37.5 Å². The summed E-state index contributed by atoms with van der Waals surface area (Å²) < 4.78 is 0. The second-order valence-corrected chi connectivity index (χ2v) is 5.79. The van der Waals surface area contributed by atoms with Gasteiger partial charge in [-0.3, -0.25) is 0 Å². The number of hydrogen-bond donors (Lipinski definition) is 0. The van der Waals surface area contributed by atoms with E-state index in [1.54, 1.807) is 0 Å². The third-order valence-electron chi connectivity index (χ3n) is 4.37. The van der Waals surface area contributed by atoms with Crippen molar-refractivity contribution in [2.75, 3.05) is 0 Å². The van der Waals surface area contributed by atoms with E-state index >= 15 is 0 Å². The fourth-order valence-electron chi connectivity index (χ4n) is 3.44. The highest BCUT2D eigenvalue weighted by Gasteiger charge is 2.58. The lowest BCUT2D eigenvalue weighted by Gasteiger charge is -2.58. The molecule has 2 aliphatic rings. The van der Waals surface area contributed by atoms with Gasteiger partial charge >= 0.3 is 0 Å². The highest BCUT2D eigenvalue weighted by molar-refractivity contribution is 6.31. The van der Waals surface area contributed by atoms with Gasteiger partial charge in [0, 0.05) is 5.02 Å². The van der Waals surface area contributed by atoms with Crippen molar-refractivity contribution in [3.63, 3.8) is 0 Å². The monoisotopic (exact) mass is 231 g/mol. The molecule has 0 radical (unpaired) electrons. The molecule has 0 amide bonds. The van der Waals surface area contributed by atoms with Crippen LogP contribution in [0, 0.1) is 16.7 Å². The van der Waals surface area contributed by atoms with Crippen LogP contribution in [0.15, 0.2) is 24.3 Å². The third kappa shape index (κ3) is 1.23. The molecule has 3 rings (SSSR count). The van der Waals surface area contributed by atoms with Crippen molar-refractivity contribution in [1.82, 2.24) is 0 Å². The molecule has 0 bridgehead atoms. The van der Waals surface area contributed by atoms with Crippen LogP contribution in [0.3, 0.4) is 0 Å². The van der Waals surface area contributed by atoms with Gasteiger partial charge in [0.1, 0.15) is 0 Å². The summed E-state index contributed by atoms with van der Waals surface area (Å²) in [6, 6.07) is 10.3. The zero-order valence-corrected chi connectivity index (χ0v) is 9.93. The van der Waals surface area contributed by atoms with Crippen LogP contribution < -0.4 is 0 Å². The number of nitriles is 1. The average molecular weight is 232 g/mol. The molecule has 1 nitrogen and oxygen atoms in total. The molecule has 1 aromatic carbocycles. The minimum Gasteiger partial charge on any atom is -0.197 e. The van der Waals surface area contributed by atoms with Gasteiger partial charge in [-0.1, -0.05) is 36.2 Å². The van der Waals surface area contributed by atoms with Gasteiger partial charge in [0.25, 0.3) is 0 Å². The first-order valence-corrected chi connectivity index (χ1v) is 6.24. The molecular formula is C14H14ClN. The van der Waals surface area contributed by atoms with E-state index < -0.39 is 0 Å². The zero-order chi connectivity index (χ0) is 11.2. The lowest BCUT2D eigenvalue weighted by Crippen LogP contribution is -2.52. The number of hydrogen-bond acceptors (Lipinski definition) is 1. The summed E-state index contributed by atoms with van der Waals surface area (Å²) in [6.07, 6.45) is 5.98. The smallest absolute Gasteiger partial charge is 0.0847 e. The maximum atomic E-state index is 9.46. The van der Waals surface area contributed by atoms with E-state index in [9.17, 15) is 5.26 Å². The van der Waals surface area contributed by atoms with E-state index in [1.165, 1.54) is 19.3 Å². The van der Waals surface area contributed by atoms with E-state index in [0.717, 1.165) is 23.4 Å². The fraction of sp³-hybridized carbons (Fsp3) is 0.500. The maximum absolute atomic E-state index is 9.46. The number of benzene rings is 1. The summed E-state index contributed by atoms with van der Waals surface area (Å²) in [7, 11) is 0. The van der Waals surface area contributed by atoms with Crippen LogP contribution in [0.1, 0.15) is 37.7 Å². The first-order chi connectivity index (χ1) is 7.70. The topological polar surface area (TPSA) is 23.8 Å². The molecule has 0 atom stereocenters. The van der Waals surface area contributed by atoms with E-state index in [4.69, 9.17) is 11.6 Å². The molecular weight excluding hydrogens is 218 g/mol. The van der Waals surface area contributed by atoms with E-state index in [2.05, 4.69) is 6.07 Å². The molecule has 0 unspecified atom stereocenters. The predicted octanol–water partition coefficient (Wildman–Crippen LogP) is 4.07. The molecule has 2 saturated carbocycles. The highest BCUT2D eigenvalue weighted by Crippen LogP contribution is 2.65. The molecule has 2 aliphatic carbocycles. The summed E-state index contributed by atoms with van der Waals surface area (Å²) in [5, 5.41) is 10.2. The first-order valence-electron chi connectivity index (χ1n) is 5.86. The zero-order valence-electron chi connectivity index (χ0n) is 9.17. The Morgan fingerprint density at radius 3 is 2.38 bits per heavy atom. The summed E-state index contributed by atoms with van der Waals surface area (Å²) in [5.41, 5.74) is 1.24. The van der Waals surface area contributed by atoms with Gasteiger partial charge in [-0.15, -0.1) is 0 Å². The summed E-state index contributed by atoms with van der Waals surface area (Å²) in [6.45, 7) is 0. The minimum absolute atomic E-state index is 0.293. The van der Waals surface area contributed by atoms with Crippen molar-refractivity contribution in [3.8, 4) is 6.07 Å². The van der Waals surface area contributed by atoms with Gasteiger partial charge in [-0.25, -0.2) is 0 Å². The van der Waals surface area contributed by atoms with Crippen LogP contribution in [0.25, 0.3) is 0 Å². The van der Waals surface area contributed by atoms with Crippen molar-refractivity contribution in [3.05, 3.63) is 34.9 Å². The molecule has 0 heterocycles. The third-order valence-corrected chi connectivity index (χ3v) is 4.70. The molecule has 0 N–H and O–H groups in total. The second kappa shape index (κ2) is 3.25. The molecule has 0 aliphatic heterocycles. The first kappa shape index (κ1) is 10.2. The van der Waals surface area contributed by atoms with Crippen LogP contribution >= 0.6 is 11.6 Å².